The van der Waals surface area contributed by atoms with E-state index in [1.165, 1.54) is 6.42 Å². The second-order valence-corrected chi connectivity index (χ2v) is 13.4. The second-order valence-electron chi connectivity index (χ2n) is 13.4. The molecule has 0 heterocycles. The van der Waals surface area contributed by atoms with Crippen molar-refractivity contribution in [2.75, 3.05) is 6.61 Å². The molecule has 2 fully saturated rings. The first kappa shape index (κ1) is 28.5. The zero-order valence-corrected chi connectivity index (χ0v) is 23.8. The lowest BCUT2D eigenvalue weighted by Crippen LogP contribution is -2.66. The highest BCUT2D eigenvalue weighted by atomic mass is 16.6. The smallest absolute Gasteiger partial charge is 0.309 e. The maximum absolute atomic E-state index is 14.4. The van der Waals surface area contributed by atoms with Gasteiger partial charge in [-0.3, -0.25) is 9.59 Å². The molecule has 10 atom stereocenters. The van der Waals surface area contributed by atoms with E-state index in [1.807, 2.05) is 13.8 Å². The van der Waals surface area contributed by atoms with E-state index in [0.717, 1.165) is 25.7 Å². The van der Waals surface area contributed by atoms with Gasteiger partial charge in [-0.05, 0) is 60.0 Å². The molecule has 0 radical (unpaired) electrons. The molecule has 3 N–H and O–H groups in total. The number of fused-ring (bicyclic) bond motifs is 3. The number of carbonyl (C=O) groups is 2. The van der Waals surface area contributed by atoms with Crippen molar-refractivity contribution in [1.82, 2.24) is 0 Å². The Morgan fingerprint density at radius 3 is 2.51 bits per heavy atom. The topological polar surface area (TPSA) is 104 Å². The largest absolute Gasteiger partial charge is 0.454 e. The van der Waals surface area contributed by atoms with Crippen LogP contribution in [-0.2, 0) is 14.3 Å². The number of ketones is 1. The molecule has 0 amide bonds. The van der Waals surface area contributed by atoms with Crippen LogP contribution >= 0.6 is 0 Å². The van der Waals surface area contributed by atoms with E-state index in [-0.39, 0.29) is 34.5 Å². The van der Waals surface area contributed by atoms with E-state index in [0.29, 0.717) is 23.8 Å². The molecule has 0 unspecified atom stereocenters. The molecule has 6 heteroatoms. The average molecular weight is 517 g/mol. The minimum atomic E-state index is -2.07. The van der Waals surface area contributed by atoms with Crippen LogP contribution in [0.2, 0.25) is 0 Å². The third-order valence-corrected chi connectivity index (χ3v) is 10.6. The minimum absolute atomic E-state index is 0.0199. The first-order chi connectivity index (χ1) is 17.3. The predicted octanol–water partition coefficient (Wildman–Crippen LogP) is 4.61. The van der Waals surface area contributed by atoms with Crippen molar-refractivity contribution in [3.63, 3.8) is 0 Å². The number of Topliss-reactive ketones (excluding diaryl/α,β-unsaturated/α-hetero) is 1. The number of aliphatic hydroxyl groups excluding tert-OH is 2. The highest BCUT2D eigenvalue weighted by Gasteiger charge is 2.76. The first-order valence-electron chi connectivity index (χ1n) is 14.4. The maximum Gasteiger partial charge on any atom is 0.309 e. The van der Waals surface area contributed by atoms with Gasteiger partial charge in [-0.1, -0.05) is 79.4 Å². The van der Waals surface area contributed by atoms with E-state index in [1.54, 1.807) is 19.1 Å². The van der Waals surface area contributed by atoms with Crippen molar-refractivity contribution in [3.8, 4) is 0 Å². The quantitative estimate of drug-likeness (QED) is 0.305. The summed E-state index contributed by atoms with van der Waals surface area (Å²) < 4.78 is 6.01. The van der Waals surface area contributed by atoms with Crippen molar-refractivity contribution >= 4 is 11.8 Å². The van der Waals surface area contributed by atoms with Gasteiger partial charge in [-0.15, -0.1) is 0 Å². The summed E-state index contributed by atoms with van der Waals surface area (Å²) in [7, 11) is 0. The zero-order valence-electron chi connectivity index (χ0n) is 23.8. The fourth-order valence-electron chi connectivity index (χ4n) is 8.35. The highest BCUT2D eigenvalue weighted by molar-refractivity contribution is 5.95. The molecule has 1 spiro atoms. The molecule has 4 rings (SSSR count). The summed E-state index contributed by atoms with van der Waals surface area (Å²) in [6.07, 6.45) is 6.54. The molecule has 4 aliphatic carbocycles. The van der Waals surface area contributed by atoms with Crippen molar-refractivity contribution in [2.45, 2.75) is 105 Å². The zero-order chi connectivity index (χ0) is 27.5. The number of hydrogen-bond acceptors (Lipinski definition) is 6. The van der Waals surface area contributed by atoms with Crippen molar-refractivity contribution in [1.29, 1.82) is 0 Å². The number of hydrogen-bond donors (Lipinski definition) is 3. The first-order valence-corrected chi connectivity index (χ1v) is 14.4. The molecule has 6 nitrogen and oxygen atoms in total. The summed E-state index contributed by atoms with van der Waals surface area (Å²) in [5, 5.41) is 34.3. The van der Waals surface area contributed by atoms with Crippen LogP contribution in [0.4, 0.5) is 0 Å². The van der Waals surface area contributed by atoms with Crippen molar-refractivity contribution in [3.05, 3.63) is 23.3 Å². The summed E-state index contributed by atoms with van der Waals surface area (Å²) in [4.78, 5) is 27.6. The highest BCUT2D eigenvalue weighted by Crippen LogP contribution is 2.71. The maximum atomic E-state index is 14.4. The Hall–Kier alpha value is -1.50. The van der Waals surface area contributed by atoms with Crippen molar-refractivity contribution in [2.24, 2.45) is 46.3 Å². The van der Waals surface area contributed by atoms with Gasteiger partial charge in [0.25, 0.3) is 0 Å². The molecule has 2 bridgehead atoms. The van der Waals surface area contributed by atoms with Crippen molar-refractivity contribution < 1.29 is 29.6 Å². The molecule has 0 aromatic heterocycles. The Labute approximate surface area is 222 Å². The van der Waals surface area contributed by atoms with Crippen LogP contribution in [0.1, 0.15) is 87.0 Å². The summed E-state index contributed by atoms with van der Waals surface area (Å²) in [6, 6.07) is 0. The molecule has 0 aromatic rings. The van der Waals surface area contributed by atoms with Gasteiger partial charge in [-0.25, -0.2) is 0 Å². The van der Waals surface area contributed by atoms with Gasteiger partial charge in [0.15, 0.2) is 17.5 Å². The molecule has 0 aliphatic heterocycles. The molecular formula is C31H48O6. The Morgan fingerprint density at radius 1 is 1.22 bits per heavy atom. The molecule has 37 heavy (non-hydrogen) atoms. The summed E-state index contributed by atoms with van der Waals surface area (Å²) >= 11 is 0. The molecular weight excluding hydrogens is 468 g/mol. The molecule has 0 aromatic carbocycles. The van der Waals surface area contributed by atoms with Crippen LogP contribution in [0.3, 0.4) is 0 Å². The number of rotatable bonds is 9. The Kier molecular flexibility index (Phi) is 7.64. The Morgan fingerprint density at radius 2 is 1.89 bits per heavy atom. The van der Waals surface area contributed by atoms with Gasteiger partial charge in [0.1, 0.15) is 6.10 Å². The third-order valence-electron chi connectivity index (χ3n) is 10.6. The molecule has 208 valence electrons. The van der Waals surface area contributed by atoms with E-state index in [4.69, 9.17) is 4.74 Å². The van der Waals surface area contributed by atoms with Crippen LogP contribution < -0.4 is 0 Å². The third kappa shape index (κ3) is 4.17. The lowest BCUT2D eigenvalue weighted by Gasteiger charge is -2.49. The van der Waals surface area contributed by atoms with Crippen LogP contribution in [0.15, 0.2) is 23.3 Å². The summed E-state index contributed by atoms with van der Waals surface area (Å²) in [5.41, 5.74) is -2.65. The van der Waals surface area contributed by atoms with Gasteiger partial charge in [0.2, 0.25) is 0 Å². The van der Waals surface area contributed by atoms with E-state index in [2.05, 4.69) is 27.7 Å². The number of ether oxygens (including phenoxy) is 1. The molecule has 0 saturated heterocycles. The SMILES string of the molecule is CCC[C@H](C)CCC[C@@H](C)C(=O)O[C@H]1C(C)=C[C@@]23C(=O)[C@@H](C=C(CO)[C@@H](O)[C@]12O)[C@H]1[C@@H](C[C@H]3C)C1(C)C. The lowest BCUT2D eigenvalue weighted by atomic mass is 9.59. The summed E-state index contributed by atoms with van der Waals surface area (Å²) in [5.74, 6) is -0.642. The van der Waals surface area contributed by atoms with Crippen LogP contribution in [0, 0.1) is 46.3 Å². The lowest BCUT2D eigenvalue weighted by molar-refractivity contribution is -0.205. The number of carbonyl (C=O) groups excluding carboxylic acids is 2. The predicted molar refractivity (Wildman–Crippen MR) is 142 cm³/mol. The molecule has 2 saturated carbocycles. The monoisotopic (exact) mass is 516 g/mol. The summed E-state index contributed by atoms with van der Waals surface area (Å²) in [6.45, 7) is 13.9. The van der Waals surface area contributed by atoms with Gasteiger partial charge >= 0.3 is 5.97 Å². The van der Waals surface area contributed by atoms with Crippen LogP contribution in [0.25, 0.3) is 0 Å². The number of esters is 1. The standard InChI is InChI=1S/C31H48O6/c1-8-10-17(2)11-9-12-18(3)28(35)37-27-19(4)15-30-20(5)13-23-24(29(23,6)7)22(26(30)34)14-21(16-32)25(33)31(27,30)36/h14-15,17-18,20,22-25,27,32-33,36H,8-13,16H2,1-7H3/t17-,18+,20+,22-,23+,24-,25+,27-,30+,31-/m0/s1. The van der Waals surface area contributed by atoms with Gasteiger partial charge < -0.3 is 20.1 Å². The van der Waals surface area contributed by atoms with E-state index in [9.17, 15) is 24.9 Å². The average Bonchev–Trinajstić information content (AvgIpc) is 3.32. The van der Waals surface area contributed by atoms with Gasteiger partial charge in [-0.2, -0.15) is 0 Å². The van der Waals surface area contributed by atoms with E-state index >= 15 is 0 Å². The number of aliphatic hydroxyl groups is 3. The Bertz CT molecular complexity index is 980. The Balaban J connectivity index is 1.64. The fraction of sp³-hybridized carbons (Fsp3) is 0.806. The number of allylic oxidation sites excluding steroid dienone is 1. The van der Waals surface area contributed by atoms with Crippen LogP contribution in [-0.4, -0.2) is 51.5 Å². The fourth-order valence-corrected chi connectivity index (χ4v) is 8.35. The van der Waals surface area contributed by atoms with E-state index < -0.39 is 41.7 Å². The van der Waals surface area contributed by atoms with Crippen LogP contribution in [0.5, 0.6) is 0 Å². The van der Waals surface area contributed by atoms with Gasteiger partial charge in [0.05, 0.1) is 17.9 Å². The normalized spacial score (nSPS) is 41.4. The minimum Gasteiger partial charge on any atom is -0.454 e. The second kappa shape index (κ2) is 9.91. The molecule has 4 aliphatic rings. The van der Waals surface area contributed by atoms with Gasteiger partial charge in [0, 0.05) is 5.92 Å².